The van der Waals surface area contributed by atoms with Crippen molar-refractivity contribution in [2.24, 2.45) is 0 Å². The van der Waals surface area contributed by atoms with Crippen molar-refractivity contribution in [3.63, 3.8) is 0 Å². The molecule has 3 rings (SSSR count). The minimum absolute atomic E-state index is 0.273. The normalized spacial score (nSPS) is 11.6. The second-order valence-corrected chi connectivity index (χ2v) is 8.16. The van der Waals surface area contributed by atoms with Crippen LogP contribution in [0.4, 0.5) is 5.69 Å². The molecule has 1 unspecified atom stereocenters. The summed E-state index contributed by atoms with van der Waals surface area (Å²) < 4.78 is 11.8. The molecule has 1 atom stereocenters. The van der Waals surface area contributed by atoms with Gasteiger partial charge in [0.15, 0.2) is 6.10 Å². The number of rotatable bonds is 8. The number of methoxy groups -OCH3 is 1. The summed E-state index contributed by atoms with van der Waals surface area (Å²) >= 11 is 5.84. The quantitative estimate of drug-likeness (QED) is 0.476. The molecule has 1 N–H and O–H groups in total. The van der Waals surface area contributed by atoms with Crippen LogP contribution in [-0.2, 0) is 25.5 Å². The first-order chi connectivity index (χ1) is 16.2. The monoisotopic (exact) mass is 483 g/mol. The number of amides is 1. The van der Waals surface area contributed by atoms with Crippen LogP contribution in [0.15, 0.2) is 48.5 Å². The van der Waals surface area contributed by atoms with Crippen molar-refractivity contribution in [2.75, 3.05) is 12.4 Å². The lowest BCUT2D eigenvalue weighted by atomic mass is 10.1. The van der Waals surface area contributed by atoms with Gasteiger partial charge in [0.1, 0.15) is 0 Å². The number of hydrogen-bond acceptors (Lipinski definition) is 6. The largest absolute Gasteiger partial charge is 0.469 e. The lowest BCUT2D eigenvalue weighted by Gasteiger charge is -2.14. The third-order valence-corrected chi connectivity index (χ3v) is 5.61. The topological polar surface area (TPSA) is 99.5 Å². The van der Waals surface area contributed by atoms with Gasteiger partial charge in [-0.1, -0.05) is 11.6 Å². The van der Waals surface area contributed by atoms with E-state index in [-0.39, 0.29) is 12.4 Å². The zero-order valence-corrected chi connectivity index (χ0v) is 20.2. The maximum Gasteiger partial charge on any atom is 0.338 e. The van der Waals surface area contributed by atoms with E-state index in [0.717, 1.165) is 22.6 Å². The van der Waals surface area contributed by atoms with E-state index in [1.165, 1.54) is 14.0 Å². The third-order valence-electron chi connectivity index (χ3n) is 5.36. The number of anilines is 1. The smallest absolute Gasteiger partial charge is 0.338 e. The maximum absolute atomic E-state index is 12.5. The van der Waals surface area contributed by atoms with Gasteiger partial charge in [-0.25, -0.2) is 9.48 Å². The summed E-state index contributed by atoms with van der Waals surface area (Å²) in [6.07, 6.45) is -0.181. The maximum atomic E-state index is 12.5. The third kappa shape index (κ3) is 6.02. The van der Waals surface area contributed by atoms with Crippen molar-refractivity contribution in [1.29, 1.82) is 0 Å². The second-order valence-electron chi connectivity index (χ2n) is 7.73. The predicted octanol–water partition coefficient (Wildman–Crippen LogP) is 4.43. The minimum Gasteiger partial charge on any atom is -0.469 e. The Bertz CT molecular complexity index is 1190. The van der Waals surface area contributed by atoms with Crippen molar-refractivity contribution >= 4 is 35.1 Å². The van der Waals surface area contributed by atoms with Gasteiger partial charge >= 0.3 is 11.9 Å². The van der Waals surface area contributed by atoms with Gasteiger partial charge in [0, 0.05) is 22.8 Å². The summed E-state index contributed by atoms with van der Waals surface area (Å²) in [5.74, 6) is -1.34. The number of hydrogen-bond donors (Lipinski definition) is 1. The molecule has 0 aliphatic carbocycles. The molecule has 0 bridgehead atoms. The fourth-order valence-electron chi connectivity index (χ4n) is 3.42. The molecule has 0 aliphatic heterocycles. The molecule has 0 saturated heterocycles. The molecular weight excluding hydrogens is 458 g/mol. The first kappa shape index (κ1) is 25.0. The number of aryl methyl sites for hydroxylation is 1. The molecule has 2 aromatic carbocycles. The summed E-state index contributed by atoms with van der Waals surface area (Å²) in [5.41, 5.74) is 4.33. The number of ether oxygens (including phenoxy) is 2. The van der Waals surface area contributed by atoms with E-state index in [9.17, 15) is 14.4 Å². The Balaban J connectivity index is 1.64. The van der Waals surface area contributed by atoms with Crippen LogP contribution in [0.5, 0.6) is 0 Å². The summed E-state index contributed by atoms with van der Waals surface area (Å²) in [4.78, 5) is 36.3. The molecule has 0 aliphatic rings. The Morgan fingerprint density at radius 1 is 1.06 bits per heavy atom. The Morgan fingerprint density at radius 2 is 1.71 bits per heavy atom. The lowest BCUT2D eigenvalue weighted by Crippen LogP contribution is -2.30. The minimum atomic E-state index is -0.990. The molecule has 0 radical (unpaired) electrons. The number of esters is 2. The fourth-order valence-corrected chi connectivity index (χ4v) is 3.54. The second kappa shape index (κ2) is 11.0. The summed E-state index contributed by atoms with van der Waals surface area (Å²) in [6.45, 7) is 5.32. The van der Waals surface area contributed by atoms with E-state index in [2.05, 4.69) is 10.4 Å². The average Bonchev–Trinajstić information content (AvgIpc) is 3.11. The first-order valence-corrected chi connectivity index (χ1v) is 11.1. The van der Waals surface area contributed by atoms with Gasteiger partial charge in [0.05, 0.1) is 24.1 Å². The highest BCUT2D eigenvalue weighted by Gasteiger charge is 2.20. The van der Waals surface area contributed by atoms with Gasteiger partial charge in [-0.3, -0.25) is 9.59 Å². The standard InChI is InChI=1S/C25H26ClN3O5/c1-15-22(13-14-23(30)33-4)16(2)29(28-15)21-11-5-18(6-12-21)25(32)34-17(3)24(31)27-20-9-7-19(26)8-10-20/h5-12,17H,13-14H2,1-4H3,(H,27,31). The van der Waals surface area contributed by atoms with Crippen molar-refractivity contribution in [3.05, 3.63) is 76.1 Å². The van der Waals surface area contributed by atoms with Crippen LogP contribution in [0.1, 0.15) is 40.7 Å². The number of halogens is 1. The Morgan fingerprint density at radius 3 is 2.32 bits per heavy atom. The molecule has 178 valence electrons. The number of benzene rings is 2. The first-order valence-electron chi connectivity index (χ1n) is 10.7. The van der Waals surface area contributed by atoms with E-state index in [4.69, 9.17) is 21.1 Å². The summed E-state index contributed by atoms with van der Waals surface area (Å²) in [7, 11) is 1.37. The molecule has 34 heavy (non-hydrogen) atoms. The van der Waals surface area contributed by atoms with Gasteiger partial charge in [-0.2, -0.15) is 5.10 Å². The highest BCUT2D eigenvalue weighted by Crippen LogP contribution is 2.20. The van der Waals surface area contributed by atoms with E-state index in [1.807, 2.05) is 13.8 Å². The Kier molecular flexibility index (Phi) is 8.07. The van der Waals surface area contributed by atoms with Crippen LogP contribution >= 0.6 is 11.6 Å². The van der Waals surface area contributed by atoms with Crippen molar-refractivity contribution in [3.8, 4) is 5.69 Å². The van der Waals surface area contributed by atoms with Crippen LogP contribution in [-0.4, -0.2) is 40.8 Å². The molecular formula is C25H26ClN3O5. The summed E-state index contributed by atoms with van der Waals surface area (Å²) in [5, 5.41) is 7.79. The Labute approximate surface area is 202 Å². The number of carbonyl (C=O) groups is 3. The molecule has 1 amide bonds. The molecule has 0 spiro atoms. The molecule has 8 nitrogen and oxygen atoms in total. The van der Waals surface area contributed by atoms with Crippen molar-refractivity contribution in [2.45, 2.75) is 39.7 Å². The van der Waals surface area contributed by atoms with Crippen LogP contribution < -0.4 is 5.32 Å². The van der Waals surface area contributed by atoms with Crippen LogP contribution in [0.25, 0.3) is 5.69 Å². The van der Waals surface area contributed by atoms with Gasteiger partial charge in [-0.15, -0.1) is 0 Å². The van der Waals surface area contributed by atoms with Gasteiger partial charge in [-0.05, 0) is 81.3 Å². The van der Waals surface area contributed by atoms with Gasteiger partial charge < -0.3 is 14.8 Å². The lowest BCUT2D eigenvalue weighted by molar-refractivity contribution is -0.140. The molecule has 3 aromatic rings. The molecule has 0 saturated carbocycles. The highest BCUT2D eigenvalue weighted by molar-refractivity contribution is 6.30. The van der Waals surface area contributed by atoms with E-state index in [0.29, 0.717) is 22.7 Å². The molecule has 9 heteroatoms. The number of nitrogens with one attached hydrogen (secondary N) is 1. The zero-order valence-electron chi connectivity index (χ0n) is 19.4. The van der Waals surface area contributed by atoms with Crippen molar-refractivity contribution in [1.82, 2.24) is 9.78 Å². The molecule has 1 aromatic heterocycles. The predicted molar refractivity (Wildman–Crippen MR) is 128 cm³/mol. The average molecular weight is 484 g/mol. The van der Waals surface area contributed by atoms with E-state index < -0.39 is 18.0 Å². The number of carbonyl (C=O) groups excluding carboxylic acids is 3. The highest BCUT2D eigenvalue weighted by atomic mass is 35.5. The fraction of sp³-hybridized carbons (Fsp3) is 0.280. The van der Waals surface area contributed by atoms with E-state index in [1.54, 1.807) is 53.2 Å². The van der Waals surface area contributed by atoms with Crippen LogP contribution in [0.2, 0.25) is 5.02 Å². The zero-order chi connectivity index (χ0) is 24.8. The molecule has 1 heterocycles. The molecule has 0 fully saturated rings. The number of aromatic nitrogens is 2. The van der Waals surface area contributed by atoms with Crippen LogP contribution in [0.3, 0.4) is 0 Å². The van der Waals surface area contributed by atoms with Crippen molar-refractivity contribution < 1.29 is 23.9 Å². The van der Waals surface area contributed by atoms with Gasteiger partial charge in [0.2, 0.25) is 0 Å². The van der Waals surface area contributed by atoms with Crippen LogP contribution in [0, 0.1) is 13.8 Å². The van der Waals surface area contributed by atoms with E-state index >= 15 is 0 Å². The summed E-state index contributed by atoms with van der Waals surface area (Å²) in [6, 6.07) is 13.4. The SMILES string of the molecule is COC(=O)CCc1c(C)nn(-c2ccc(C(=O)OC(C)C(=O)Nc3ccc(Cl)cc3)cc2)c1C. The van der Waals surface area contributed by atoms with Gasteiger partial charge in [0.25, 0.3) is 5.91 Å². The number of nitrogens with zero attached hydrogens (tertiary/aromatic N) is 2. The Hall–Kier alpha value is -3.65.